The Kier molecular flexibility index (Phi) is 11.8. The molecule has 0 saturated carbocycles. The Labute approximate surface area is 173 Å². The van der Waals surface area contributed by atoms with E-state index in [4.69, 9.17) is 14.2 Å². The summed E-state index contributed by atoms with van der Waals surface area (Å²) < 4.78 is 16.2. The zero-order chi connectivity index (χ0) is 21.6. The Morgan fingerprint density at radius 1 is 1.03 bits per heavy atom. The highest BCUT2D eigenvalue weighted by Crippen LogP contribution is 2.15. The lowest BCUT2D eigenvalue weighted by Gasteiger charge is -2.26. The van der Waals surface area contributed by atoms with Crippen molar-refractivity contribution in [2.24, 2.45) is 5.92 Å². The zero-order valence-electron chi connectivity index (χ0n) is 18.1. The predicted molar refractivity (Wildman–Crippen MR) is 111 cm³/mol. The molecule has 29 heavy (non-hydrogen) atoms. The Bertz CT molecular complexity index is 600. The van der Waals surface area contributed by atoms with Crippen molar-refractivity contribution in [1.82, 2.24) is 4.90 Å². The van der Waals surface area contributed by atoms with Crippen LogP contribution in [0, 0.1) is 5.92 Å². The highest BCUT2D eigenvalue weighted by Gasteiger charge is 2.19. The standard InChI is InChI=1S/C22H35NO6/c1-5-17(6-2)16-23(22(26)28-8-4)13-14-29-19-11-9-18(10-12-19)15-20(21(24)25)27-7-3/h9-12,17,20H,5-8,13-16H2,1-4H3,(H,24,25). The predicted octanol–water partition coefficient (Wildman–Crippen LogP) is 3.99. The largest absolute Gasteiger partial charge is 0.492 e. The molecule has 0 aliphatic carbocycles. The van der Waals surface area contributed by atoms with Gasteiger partial charge in [0.2, 0.25) is 0 Å². The van der Waals surface area contributed by atoms with Crippen LogP contribution in [0.2, 0.25) is 0 Å². The topological polar surface area (TPSA) is 85.3 Å². The van der Waals surface area contributed by atoms with Gasteiger partial charge in [0, 0.05) is 19.6 Å². The van der Waals surface area contributed by atoms with Crippen LogP contribution in [0.4, 0.5) is 4.79 Å². The van der Waals surface area contributed by atoms with Gasteiger partial charge in [0.1, 0.15) is 12.4 Å². The molecule has 1 aromatic carbocycles. The number of amides is 1. The van der Waals surface area contributed by atoms with Crippen LogP contribution in [0.15, 0.2) is 24.3 Å². The van der Waals surface area contributed by atoms with Crippen molar-refractivity contribution in [2.75, 3.05) is 32.9 Å². The number of rotatable bonds is 14. The smallest absolute Gasteiger partial charge is 0.409 e. The fraction of sp³-hybridized carbons (Fsp3) is 0.636. The lowest BCUT2D eigenvalue weighted by atomic mass is 10.0. The lowest BCUT2D eigenvalue weighted by molar-refractivity contribution is -0.149. The normalized spacial score (nSPS) is 11.9. The first-order valence-electron chi connectivity index (χ1n) is 10.4. The van der Waals surface area contributed by atoms with Gasteiger partial charge in [-0.15, -0.1) is 0 Å². The van der Waals surface area contributed by atoms with Gasteiger partial charge in [-0.25, -0.2) is 9.59 Å². The van der Waals surface area contributed by atoms with E-state index < -0.39 is 12.1 Å². The summed E-state index contributed by atoms with van der Waals surface area (Å²) in [4.78, 5) is 25.1. The molecule has 0 heterocycles. The second-order valence-corrected chi connectivity index (χ2v) is 6.81. The number of hydrogen-bond acceptors (Lipinski definition) is 5. The van der Waals surface area contributed by atoms with E-state index in [1.165, 1.54) is 0 Å². The summed E-state index contributed by atoms with van der Waals surface area (Å²) in [6.07, 6.45) is 1.15. The van der Waals surface area contributed by atoms with Crippen molar-refractivity contribution in [1.29, 1.82) is 0 Å². The van der Waals surface area contributed by atoms with Gasteiger partial charge in [0.05, 0.1) is 13.2 Å². The van der Waals surface area contributed by atoms with Gasteiger partial charge in [-0.05, 0) is 37.5 Å². The quantitative estimate of drug-likeness (QED) is 0.500. The number of aliphatic carboxylic acids is 1. The first kappa shape index (κ1) is 24.8. The molecule has 1 amide bonds. The zero-order valence-corrected chi connectivity index (χ0v) is 18.1. The van der Waals surface area contributed by atoms with Crippen molar-refractivity contribution < 1.29 is 28.9 Å². The van der Waals surface area contributed by atoms with Crippen molar-refractivity contribution >= 4 is 12.1 Å². The van der Waals surface area contributed by atoms with Gasteiger partial charge < -0.3 is 24.2 Å². The summed E-state index contributed by atoms with van der Waals surface area (Å²) in [5, 5.41) is 9.18. The molecule has 7 heteroatoms. The molecule has 1 N–H and O–H groups in total. The second kappa shape index (κ2) is 13.8. The van der Waals surface area contributed by atoms with E-state index in [0.29, 0.717) is 51.0 Å². The maximum atomic E-state index is 12.2. The number of carbonyl (C=O) groups excluding carboxylic acids is 1. The Morgan fingerprint density at radius 3 is 2.21 bits per heavy atom. The minimum absolute atomic E-state index is 0.301. The average Bonchev–Trinajstić information content (AvgIpc) is 2.71. The number of nitrogens with zero attached hydrogens (tertiary/aromatic N) is 1. The van der Waals surface area contributed by atoms with E-state index in [2.05, 4.69) is 13.8 Å². The molecule has 0 saturated heterocycles. The second-order valence-electron chi connectivity index (χ2n) is 6.81. The van der Waals surface area contributed by atoms with Crippen LogP contribution in [0.25, 0.3) is 0 Å². The molecule has 0 radical (unpaired) electrons. The van der Waals surface area contributed by atoms with Crippen LogP contribution >= 0.6 is 0 Å². The monoisotopic (exact) mass is 409 g/mol. The van der Waals surface area contributed by atoms with Crippen LogP contribution in [-0.4, -0.2) is 61.1 Å². The summed E-state index contributed by atoms with van der Waals surface area (Å²) in [6.45, 7) is 9.97. The summed E-state index contributed by atoms with van der Waals surface area (Å²) >= 11 is 0. The lowest BCUT2D eigenvalue weighted by Crippen LogP contribution is -2.38. The Hall–Kier alpha value is -2.28. The summed E-state index contributed by atoms with van der Waals surface area (Å²) in [5.74, 6) is 0.137. The van der Waals surface area contributed by atoms with Crippen molar-refractivity contribution in [3.63, 3.8) is 0 Å². The summed E-state index contributed by atoms with van der Waals surface area (Å²) in [5.41, 5.74) is 0.861. The summed E-state index contributed by atoms with van der Waals surface area (Å²) in [7, 11) is 0. The highest BCUT2D eigenvalue weighted by atomic mass is 16.6. The molecule has 1 unspecified atom stereocenters. The Morgan fingerprint density at radius 2 is 1.69 bits per heavy atom. The van der Waals surface area contributed by atoms with E-state index >= 15 is 0 Å². The number of carboxylic acid groups (broad SMARTS) is 1. The molecule has 7 nitrogen and oxygen atoms in total. The molecule has 0 spiro atoms. The molecule has 1 rings (SSSR count). The number of hydrogen-bond donors (Lipinski definition) is 1. The van der Waals surface area contributed by atoms with Crippen LogP contribution in [-0.2, 0) is 20.7 Å². The first-order valence-corrected chi connectivity index (χ1v) is 10.4. The fourth-order valence-electron chi connectivity index (χ4n) is 2.96. The number of benzene rings is 1. The van der Waals surface area contributed by atoms with Crippen LogP contribution in [0.5, 0.6) is 5.75 Å². The van der Waals surface area contributed by atoms with Crippen molar-refractivity contribution in [3.8, 4) is 5.75 Å². The molecule has 0 aliphatic heterocycles. The number of ether oxygens (including phenoxy) is 3. The first-order chi connectivity index (χ1) is 13.9. The third-order valence-corrected chi connectivity index (χ3v) is 4.78. The molecule has 0 bridgehead atoms. The van der Waals surface area contributed by atoms with Gasteiger partial charge in [-0.1, -0.05) is 38.8 Å². The van der Waals surface area contributed by atoms with E-state index in [-0.39, 0.29) is 6.09 Å². The van der Waals surface area contributed by atoms with Crippen molar-refractivity contribution in [2.45, 2.75) is 53.1 Å². The third kappa shape index (κ3) is 9.17. The van der Waals surface area contributed by atoms with Crippen LogP contribution in [0.1, 0.15) is 46.1 Å². The summed E-state index contributed by atoms with van der Waals surface area (Å²) in [6, 6.07) is 7.26. The van der Waals surface area contributed by atoms with Crippen molar-refractivity contribution in [3.05, 3.63) is 29.8 Å². The number of carbonyl (C=O) groups is 2. The van der Waals surface area contributed by atoms with Crippen LogP contribution in [0.3, 0.4) is 0 Å². The minimum Gasteiger partial charge on any atom is -0.492 e. The SMILES string of the molecule is CCOC(=O)N(CCOc1ccc(CC(OCC)C(=O)O)cc1)CC(CC)CC. The fourth-order valence-corrected chi connectivity index (χ4v) is 2.96. The molecule has 1 aromatic rings. The van der Waals surface area contributed by atoms with Gasteiger partial charge >= 0.3 is 12.1 Å². The number of carboxylic acids is 1. The molecule has 0 aliphatic rings. The van der Waals surface area contributed by atoms with Gasteiger partial charge in [0.15, 0.2) is 6.10 Å². The maximum absolute atomic E-state index is 12.2. The minimum atomic E-state index is -0.969. The van der Waals surface area contributed by atoms with Gasteiger partial charge in [0.25, 0.3) is 0 Å². The Balaban J connectivity index is 2.59. The molecular formula is C22H35NO6. The van der Waals surface area contributed by atoms with E-state index in [1.807, 2.05) is 12.1 Å². The van der Waals surface area contributed by atoms with E-state index in [9.17, 15) is 14.7 Å². The molecular weight excluding hydrogens is 374 g/mol. The van der Waals surface area contributed by atoms with E-state index in [0.717, 1.165) is 18.4 Å². The molecule has 0 fully saturated rings. The third-order valence-electron chi connectivity index (χ3n) is 4.78. The molecule has 0 aromatic heterocycles. The van der Waals surface area contributed by atoms with Gasteiger partial charge in [-0.3, -0.25) is 0 Å². The van der Waals surface area contributed by atoms with Gasteiger partial charge in [-0.2, -0.15) is 0 Å². The molecule has 1 atom stereocenters. The van der Waals surface area contributed by atoms with E-state index in [1.54, 1.807) is 30.9 Å². The van der Waals surface area contributed by atoms with Crippen LogP contribution < -0.4 is 4.74 Å². The molecule has 164 valence electrons. The highest BCUT2D eigenvalue weighted by molar-refractivity contribution is 5.72. The average molecular weight is 410 g/mol. The maximum Gasteiger partial charge on any atom is 0.409 e.